The van der Waals surface area contributed by atoms with Crippen molar-refractivity contribution in [3.63, 3.8) is 0 Å². The quantitative estimate of drug-likeness (QED) is 0.432. The van der Waals surface area contributed by atoms with Crippen molar-refractivity contribution in [2.75, 3.05) is 13.3 Å². The van der Waals surface area contributed by atoms with E-state index in [2.05, 4.69) is 20.3 Å². The lowest BCUT2D eigenvalue weighted by molar-refractivity contribution is -0.122. The van der Waals surface area contributed by atoms with Crippen LogP contribution in [0.1, 0.15) is 24.4 Å². The molecule has 11 heteroatoms. The molecule has 2 aromatic rings. The number of amides is 1. The van der Waals surface area contributed by atoms with E-state index < -0.39 is 15.6 Å². The number of carbonyl (C=O) groups is 1. The lowest BCUT2D eigenvalue weighted by Gasteiger charge is -2.24. The van der Waals surface area contributed by atoms with Crippen molar-refractivity contribution in [3.8, 4) is 0 Å². The summed E-state index contributed by atoms with van der Waals surface area (Å²) in [5.41, 5.74) is -0.0270. The van der Waals surface area contributed by atoms with Crippen LogP contribution < -0.4 is 15.4 Å². The SMILES string of the molecule is CNC(=S)NS(=O)(=O)c1cc(CC(=O)NC(C)(C)c2nccs2)ccc1SC. The second-order valence-corrected chi connectivity index (χ2v) is 10.2. The van der Waals surface area contributed by atoms with Gasteiger partial charge >= 0.3 is 0 Å². The van der Waals surface area contributed by atoms with Crippen molar-refractivity contribution in [2.45, 2.75) is 35.6 Å². The van der Waals surface area contributed by atoms with Gasteiger partial charge in [0, 0.05) is 23.5 Å². The van der Waals surface area contributed by atoms with E-state index in [-0.39, 0.29) is 22.3 Å². The Bertz CT molecular complexity index is 957. The highest BCUT2D eigenvalue weighted by atomic mass is 32.2. The van der Waals surface area contributed by atoms with E-state index in [0.29, 0.717) is 10.5 Å². The molecule has 152 valence electrons. The van der Waals surface area contributed by atoms with Gasteiger partial charge in [0.25, 0.3) is 10.0 Å². The lowest BCUT2D eigenvalue weighted by Crippen LogP contribution is -2.41. The zero-order chi connectivity index (χ0) is 20.9. The van der Waals surface area contributed by atoms with Gasteiger partial charge in [-0.3, -0.25) is 9.52 Å². The topological polar surface area (TPSA) is 100 Å². The Labute approximate surface area is 178 Å². The summed E-state index contributed by atoms with van der Waals surface area (Å²) in [6, 6.07) is 4.94. The highest BCUT2D eigenvalue weighted by Crippen LogP contribution is 2.27. The Morgan fingerprint density at radius 2 is 2.07 bits per heavy atom. The summed E-state index contributed by atoms with van der Waals surface area (Å²) in [6.45, 7) is 3.75. The first-order chi connectivity index (χ1) is 13.1. The number of hydrogen-bond donors (Lipinski definition) is 3. The van der Waals surface area contributed by atoms with E-state index in [1.54, 1.807) is 24.6 Å². The average molecular weight is 459 g/mol. The summed E-state index contributed by atoms with van der Waals surface area (Å²) in [6.07, 6.45) is 3.52. The van der Waals surface area contributed by atoms with Gasteiger partial charge in [0.2, 0.25) is 5.91 Å². The number of nitrogens with one attached hydrogen (secondary N) is 3. The van der Waals surface area contributed by atoms with Gasteiger partial charge in [-0.2, -0.15) is 0 Å². The number of aromatic nitrogens is 1. The van der Waals surface area contributed by atoms with Crippen LogP contribution in [0.3, 0.4) is 0 Å². The van der Waals surface area contributed by atoms with Gasteiger partial charge in [-0.15, -0.1) is 23.1 Å². The molecule has 1 amide bonds. The number of sulfonamides is 1. The van der Waals surface area contributed by atoms with Crippen molar-refractivity contribution in [1.29, 1.82) is 0 Å². The normalized spacial score (nSPS) is 11.7. The van der Waals surface area contributed by atoms with E-state index in [0.717, 1.165) is 5.01 Å². The first-order valence-corrected chi connectivity index (χ1v) is 12.2. The fraction of sp³-hybridized carbons (Fsp3) is 0.353. The molecule has 0 aliphatic heterocycles. The summed E-state index contributed by atoms with van der Waals surface area (Å²) in [4.78, 5) is 17.4. The minimum atomic E-state index is -3.86. The Hall–Kier alpha value is -1.69. The number of benzene rings is 1. The number of nitrogens with zero attached hydrogens (tertiary/aromatic N) is 1. The molecule has 1 heterocycles. The zero-order valence-electron chi connectivity index (χ0n) is 15.9. The minimum absolute atomic E-state index is 0.000367. The third-order valence-electron chi connectivity index (χ3n) is 3.76. The van der Waals surface area contributed by atoms with Gasteiger partial charge in [0.05, 0.1) is 12.0 Å². The third-order valence-corrected chi connectivity index (χ3v) is 7.60. The van der Waals surface area contributed by atoms with E-state index >= 15 is 0 Å². The van der Waals surface area contributed by atoms with Crippen LogP contribution in [0.15, 0.2) is 39.6 Å². The van der Waals surface area contributed by atoms with Crippen LogP contribution in [0.2, 0.25) is 0 Å². The highest BCUT2D eigenvalue weighted by Gasteiger charge is 2.26. The molecular weight excluding hydrogens is 436 g/mol. The largest absolute Gasteiger partial charge is 0.365 e. The predicted molar refractivity (Wildman–Crippen MR) is 117 cm³/mol. The molecular formula is C17H22N4O3S4. The number of thiazole rings is 1. The van der Waals surface area contributed by atoms with Crippen LogP contribution in [0, 0.1) is 0 Å². The molecule has 0 radical (unpaired) electrons. The maximum absolute atomic E-state index is 12.6. The van der Waals surface area contributed by atoms with E-state index in [1.165, 1.54) is 36.2 Å². The highest BCUT2D eigenvalue weighted by molar-refractivity contribution is 7.99. The van der Waals surface area contributed by atoms with Crippen molar-refractivity contribution < 1.29 is 13.2 Å². The standard InChI is InChI=1S/C17H22N4O3S4/c1-17(2,15-19-7-8-27-15)20-14(22)10-11-5-6-12(26-4)13(9-11)28(23,24)21-16(25)18-3/h5-9H,10H2,1-4H3,(H,20,22)(H2,18,21,25). The van der Waals surface area contributed by atoms with Crippen molar-refractivity contribution in [3.05, 3.63) is 40.3 Å². The van der Waals surface area contributed by atoms with Gasteiger partial charge in [-0.25, -0.2) is 13.4 Å². The summed E-state index contributed by atoms with van der Waals surface area (Å²) < 4.78 is 27.6. The summed E-state index contributed by atoms with van der Waals surface area (Å²) in [5, 5.41) is 8.17. The maximum atomic E-state index is 12.6. The number of carbonyl (C=O) groups excluding carboxylic acids is 1. The molecule has 0 unspecified atom stereocenters. The number of thioether (sulfide) groups is 1. The molecule has 0 spiro atoms. The third kappa shape index (κ3) is 5.66. The Kier molecular flexibility index (Phi) is 7.43. The number of thiocarbonyl (C=S) groups is 1. The maximum Gasteiger partial charge on any atom is 0.264 e. The smallest absolute Gasteiger partial charge is 0.264 e. The van der Waals surface area contributed by atoms with Gasteiger partial charge in [0.1, 0.15) is 9.90 Å². The van der Waals surface area contributed by atoms with Gasteiger partial charge in [-0.1, -0.05) is 6.07 Å². The Balaban J connectivity index is 2.23. The van der Waals surface area contributed by atoms with Crippen molar-refractivity contribution in [1.82, 2.24) is 20.3 Å². The molecule has 0 aliphatic rings. The molecule has 0 saturated heterocycles. The molecule has 0 aliphatic carbocycles. The molecule has 0 atom stereocenters. The van der Waals surface area contributed by atoms with Crippen molar-refractivity contribution in [2.24, 2.45) is 0 Å². The second kappa shape index (κ2) is 9.21. The summed E-state index contributed by atoms with van der Waals surface area (Å²) in [5.74, 6) is -0.223. The predicted octanol–water partition coefficient (Wildman–Crippen LogP) is 2.24. The van der Waals surface area contributed by atoms with Crippen LogP contribution >= 0.6 is 35.3 Å². The fourth-order valence-corrected chi connectivity index (χ4v) is 5.62. The van der Waals surface area contributed by atoms with Crippen molar-refractivity contribution >= 4 is 56.4 Å². The molecule has 28 heavy (non-hydrogen) atoms. The molecule has 0 bridgehead atoms. The van der Waals surface area contributed by atoms with Crippen LogP contribution in [0.4, 0.5) is 0 Å². The van der Waals surface area contributed by atoms with Crippen LogP contribution in [0.5, 0.6) is 0 Å². The first kappa shape index (κ1) is 22.6. The van der Waals surface area contributed by atoms with Gasteiger partial charge < -0.3 is 10.6 Å². The van der Waals surface area contributed by atoms with Crippen LogP contribution in [-0.4, -0.2) is 37.7 Å². The summed E-state index contributed by atoms with van der Waals surface area (Å²) >= 11 is 7.67. The molecule has 1 aromatic heterocycles. The molecule has 0 fully saturated rings. The van der Waals surface area contributed by atoms with E-state index in [4.69, 9.17) is 12.2 Å². The molecule has 1 aromatic carbocycles. The summed E-state index contributed by atoms with van der Waals surface area (Å²) in [7, 11) is -2.32. The lowest BCUT2D eigenvalue weighted by atomic mass is 10.1. The minimum Gasteiger partial charge on any atom is -0.365 e. The number of hydrogen-bond acceptors (Lipinski definition) is 7. The Morgan fingerprint density at radius 1 is 1.36 bits per heavy atom. The second-order valence-electron chi connectivity index (χ2n) is 6.36. The molecule has 0 saturated carbocycles. The Morgan fingerprint density at radius 3 is 2.64 bits per heavy atom. The fourth-order valence-electron chi connectivity index (χ4n) is 2.43. The zero-order valence-corrected chi connectivity index (χ0v) is 19.2. The monoisotopic (exact) mass is 458 g/mol. The van der Waals surface area contributed by atoms with Crippen LogP contribution in [0.25, 0.3) is 0 Å². The molecule has 3 N–H and O–H groups in total. The molecule has 7 nitrogen and oxygen atoms in total. The number of rotatable bonds is 7. The van der Waals surface area contributed by atoms with Gasteiger partial charge in [0.15, 0.2) is 5.11 Å². The first-order valence-electron chi connectivity index (χ1n) is 8.21. The van der Waals surface area contributed by atoms with Gasteiger partial charge in [-0.05, 0) is 50.0 Å². The van der Waals surface area contributed by atoms with E-state index in [1.807, 2.05) is 19.2 Å². The van der Waals surface area contributed by atoms with Crippen LogP contribution in [-0.2, 0) is 26.8 Å². The average Bonchev–Trinajstić information content (AvgIpc) is 3.16. The molecule has 2 rings (SSSR count). The van der Waals surface area contributed by atoms with E-state index in [9.17, 15) is 13.2 Å².